The first-order valence-electron chi connectivity index (χ1n) is 6.88. The molecule has 0 saturated carbocycles. The maximum atomic E-state index is 12.7. The standard InChI is InChI=1S/C14H18N4O3/c1-21-12-10(3-2-4-11(12)15)13(19)17-5-6-18-9(8-17)7-16-14(18)20/h2-4,9H,5-8,15H2,1H3,(H,16,20). The van der Waals surface area contributed by atoms with Crippen LogP contribution in [0.3, 0.4) is 0 Å². The summed E-state index contributed by atoms with van der Waals surface area (Å²) in [5.41, 5.74) is 6.75. The molecular formula is C14H18N4O3. The molecule has 1 atom stereocenters. The summed E-state index contributed by atoms with van der Waals surface area (Å²) in [5, 5.41) is 2.80. The highest BCUT2D eigenvalue weighted by molar-refractivity contribution is 5.98. The molecule has 1 aromatic rings. The van der Waals surface area contributed by atoms with Crippen LogP contribution in [0.2, 0.25) is 0 Å². The Morgan fingerprint density at radius 2 is 2.24 bits per heavy atom. The van der Waals surface area contributed by atoms with E-state index in [2.05, 4.69) is 5.32 Å². The van der Waals surface area contributed by atoms with Gasteiger partial charge in [0.1, 0.15) is 0 Å². The lowest BCUT2D eigenvalue weighted by molar-refractivity contribution is 0.0614. The zero-order valence-corrected chi connectivity index (χ0v) is 11.8. The topological polar surface area (TPSA) is 87.9 Å². The number of piperazine rings is 1. The summed E-state index contributed by atoms with van der Waals surface area (Å²) in [6.45, 7) is 2.17. The second-order valence-electron chi connectivity index (χ2n) is 5.21. The smallest absolute Gasteiger partial charge is 0.317 e. The van der Waals surface area contributed by atoms with E-state index in [1.165, 1.54) is 7.11 Å². The predicted octanol–water partition coefficient (Wildman–Crippen LogP) is 0.127. The van der Waals surface area contributed by atoms with E-state index in [4.69, 9.17) is 10.5 Å². The number of ether oxygens (including phenoxy) is 1. The van der Waals surface area contributed by atoms with Crippen LogP contribution in [0, 0.1) is 0 Å². The normalized spacial score (nSPS) is 21.0. The van der Waals surface area contributed by atoms with Crippen LogP contribution in [-0.4, -0.2) is 61.1 Å². The molecule has 3 rings (SSSR count). The summed E-state index contributed by atoms with van der Waals surface area (Å²) in [6.07, 6.45) is 0. The molecule has 0 bridgehead atoms. The number of benzene rings is 1. The Kier molecular flexibility index (Phi) is 3.32. The average Bonchev–Trinajstić information content (AvgIpc) is 2.87. The number of nitrogens with zero attached hydrogens (tertiary/aromatic N) is 2. The second-order valence-corrected chi connectivity index (χ2v) is 5.21. The lowest BCUT2D eigenvalue weighted by Crippen LogP contribution is -2.53. The number of methoxy groups -OCH3 is 1. The summed E-state index contributed by atoms with van der Waals surface area (Å²) in [5.74, 6) is 0.295. The Bertz CT molecular complexity index is 590. The minimum absolute atomic E-state index is 0.0438. The summed E-state index contributed by atoms with van der Waals surface area (Å²) in [7, 11) is 1.50. The van der Waals surface area contributed by atoms with Crippen molar-refractivity contribution in [2.24, 2.45) is 0 Å². The lowest BCUT2D eigenvalue weighted by Gasteiger charge is -2.36. The molecule has 1 aromatic carbocycles. The highest BCUT2D eigenvalue weighted by atomic mass is 16.5. The van der Waals surface area contributed by atoms with Crippen molar-refractivity contribution < 1.29 is 14.3 Å². The van der Waals surface area contributed by atoms with E-state index < -0.39 is 0 Å². The lowest BCUT2D eigenvalue weighted by atomic mass is 10.1. The number of carbonyl (C=O) groups excluding carboxylic acids is 2. The third kappa shape index (κ3) is 2.24. The van der Waals surface area contributed by atoms with E-state index in [-0.39, 0.29) is 18.0 Å². The molecule has 112 valence electrons. The zero-order valence-electron chi connectivity index (χ0n) is 11.8. The first-order valence-corrected chi connectivity index (χ1v) is 6.88. The minimum atomic E-state index is -0.113. The number of nitrogens with two attached hydrogens (primary N) is 1. The van der Waals surface area contributed by atoms with Crippen LogP contribution in [0.5, 0.6) is 5.75 Å². The molecule has 3 amide bonds. The van der Waals surface area contributed by atoms with Crippen molar-refractivity contribution in [1.29, 1.82) is 0 Å². The van der Waals surface area contributed by atoms with Gasteiger partial charge in [-0.25, -0.2) is 4.79 Å². The molecule has 0 aromatic heterocycles. The zero-order chi connectivity index (χ0) is 15.0. The van der Waals surface area contributed by atoms with Crippen LogP contribution in [0.25, 0.3) is 0 Å². The number of fused-ring (bicyclic) bond motifs is 1. The van der Waals surface area contributed by atoms with Crippen molar-refractivity contribution in [3.8, 4) is 5.75 Å². The van der Waals surface area contributed by atoms with Crippen molar-refractivity contribution in [3.63, 3.8) is 0 Å². The Morgan fingerprint density at radius 1 is 1.43 bits per heavy atom. The molecule has 7 nitrogen and oxygen atoms in total. The first kappa shape index (κ1) is 13.5. The molecular weight excluding hydrogens is 272 g/mol. The van der Waals surface area contributed by atoms with E-state index in [9.17, 15) is 9.59 Å². The Hall–Kier alpha value is -2.44. The van der Waals surface area contributed by atoms with Crippen molar-refractivity contribution in [3.05, 3.63) is 23.8 Å². The Labute approximate surface area is 122 Å². The van der Waals surface area contributed by atoms with Crippen molar-refractivity contribution >= 4 is 17.6 Å². The van der Waals surface area contributed by atoms with Crippen molar-refractivity contribution in [2.75, 3.05) is 39.0 Å². The number of nitrogens with one attached hydrogen (secondary N) is 1. The molecule has 0 spiro atoms. The largest absolute Gasteiger partial charge is 0.494 e. The monoisotopic (exact) mass is 290 g/mol. The number of nitrogen functional groups attached to an aromatic ring is 1. The molecule has 3 N–H and O–H groups in total. The van der Waals surface area contributed by atoms with Gasteiger partial charge in [-0.15, -0.1) is 0 Å². The maximum absolute atomic E-state index is 12.7. The number of anilines is 1. The van der Waals surface area contributed by atoms with Gasteiger partial charge in [0.05, 0.1) is 24.4 Å². The molecule has 2 saturated heterocycles. The first-order chi connectivity index (χ1) is 10.1. The molecule has 2 fully saturated rings. The van der Waals surface area contributed by atoms with E-state index in [1.54, 1.807) is 28.0 Å². The van der Waals surface area contributed by atoms with Crippen LogP contribution in [0.4, 0.5) is 10.5 Å². The summed E-state index contributed by atoms with van der Waals surface area (Å²) < 4.78 is 5.24. The van der Waals surface area contributed by atoms with Crippen LogP contribution < -0.4 is 15.8 Å². The van der Waals surface area contributed by atoms with Gasteiger partial charge in [-0.1, -0.05) is 6.07 Å². The predicted molar refractivity (Wildman–Crippen MR) is 77.2 cm³/mol. The fraction of sp³-hybridized carbons (Fsp3) is 0.429. The van der Waals surface area contributed by atoms with Gasteiger partial charge in [0.2, 0.25) is 0 Å². The van der Waals surface area contributed by atoms with Gasteiger partial charge in [-0.3, -0.25) is 4.79 Å². The van der Waals surface area contributed by atoms with Gasteiger partial charge in [0.15, 0.2) is 5.75 Å². The van der Waals surface area contributed by atoms with Gasteiger partial charge in [-0.05, 0) is 12.1 Å². The molecule has 7 heteroatoms. The summed E-state index contributed by atoms with van der Waals surface area (Å²) >= 11 is 0. The molecule has 2 aliphatic rings. The Morgan fingerprint density at radius 3 is 3.00 bits per heavy atom. The Balaban J connectivity index is 1.80. The highest BCUT2D eigenvalue weighted by Crippen LogP contribution is 2.28. The number of carbonyl (C=O) groups is 2. The SMILES string of the molecule is COc1c(N)cccc1C(=O)N1CCN2C(=O)NCC2C1. The summed E-state index contributed by atoms with van der Waals surface area (Å²) in [6, 6.07) is 5.15. The van der Waals surface area contributed by atoms with E-state index in [1.807, 2.05) is 0 Å². The highest BCUT2D eigenvalue weighted by Gasteiger charge is 2.37. The third-order valence-electron chi connectivity index (χ3n) is 4.00. The maximum Gasteiger partial charge on any atom is 0.317 e. The number of amides is 3. The van der Waals surface area contributed by atoms with Crippen LogP contribution in [-0.2, 0) is 0 Å². The molecule has 0 aliphatic carbocycles. The van der Waals surface area contributed by atoms with E-state index in [0.29, 0.717) is 43.2 Å². The fourth-order valence-corrected chi connectivity index (χ4v) is 2.91. The van der Waals surface area contributed by atoms with Gasteiger partial charge in [0, 0.05) is 26.2 Å². The fourth-order valence-electron chi connectivity index (χ4n) is 2.91. The average molecular weight is 290 g/mol. The van der Waals surface area contributed by atoms with E-state index in [0.717, 1.165) is 0 Å². The van der Waals surface area contributed by atoms with Crippen LogP contribution in [0.15, 0.2) is 18.2 Å². The number of hydrogen-bond donors (Lipinski definition) is 2. The van der Waals surface area contributed by atoms with Crippen molar-refractivity contribution in [2.45, 2.75) is 6.04 Å². The second kappa shape index (κ2) is 5.16. The van der Waals surface area contributed by atoms with Crippen LogP contribution in [0.1, 0.15) is 10.4 Å². The van der Waals surface area contributed by atoms with Gasteiger partial charge in [-0.2, -0.15) is 0 Å². The van der Waals surface area contributed by atoms with Crippen molar-refractivity contribution in [1.82, 2.24) is 15.1 Å². The van der Waals surface area contributed by atoms with Gasteiger partial charge in [0.25, 0.3) is 5.91 Å². The number of para-hydroxylation sites is 1. The van der Waals surface area contributed by atoms with Crippen LogP contribution >= 0.6 is 0 Å². The molecule has 2 heterocycles. The number of hydrogen-bond acceptors (Lipinski definition) is 4. The number of rotatable bonds is 2. The van der Waals surface area contributed by atoms with Gasteiger partial charge < -0.3 is 25.6 Å². The summed E-state index contributed by atoms with van der Waals surface area (Å²) in [4.78, 5) is 27.8. The quantitative estimate of drug-likeness (QED) is 0.758. The minimum Gasteiger partial charge on any atom is -0.494 e. The third-order valence-corrected chi connectivity index (χ3v) is 4.00. The number of urea groups is 1. The molecule has 2 aliphatic heterocycles. The van der Waals surface area contributed by atoms with Gasteiger partial charge >= 0.3 is 6.03 Å². The molecule has 21 heavy (non-hydrogen) atoms. The molecule has 1 unspecified atom stereocenters. The molecule has 0 radical (unpaired) electrons. The van der Waals surface area contributed by atoms with E-state index >= 15 is 0 Å².